The van der Waals surface area contributed by atoms with Crippen molar-refractivity contribution in [1.82, 2.24) is 4.98 Å². The first-order valence-electron chi connectivity index (χ1n) is 8.47. The normalized spacial score (nSPS) is 16.5. The number of H-pyrrole nitrogens is 1. The number of carboxylic acid groups (broad SMARTS) is 1. The van der Waals surface area contributed by atoms with Gasteiger partial charge in [0.1, 0.15) is 0 Å². The van der Waals surface area contributed by atoms with Crippen LogP contribution in [0.3, 0.4) is 0 Å². The molecule has 1 saturated heterocycles. The largest absolute Gasteiger partial charge is 0.481 e. The molecule has 130 valence electrons. The van der Waals surface area contributed by atoms with Crippen LogP contribution in [0.2, 0.25) is 0 Å². The number of rotatable bonds is 6. The fraction of sp³-hybridized carbons (Fsp3) is 0.500. The third kappa shape index (κ3) is 3.25. The van der Waals surface area contributed by atoms with Crippen LogP contribution in [0.25, 0.3) is 10.9 Å². The Kier molecular flexibility index (Phi) is 5.06. The van der Waals surface area contributed by atoms with Crippen molar-refractivity contribution in [2.45, 2.75) is 19.8 Å². The molecule has 0 amide bonds. The molecule has 4 N–H and O–H groups in total. The number of hydrogen-bond donors (Lipinski definition) is 3. The van der Waals surface area contributed by atoms with Gasteiger partial charge in [0.15, 0.2) is 0 Å². The maximum Gasteiger partial charge on any atom is 0.306 e. The van der Waals surface area contributed by atoms with Crippen LogP contribution in [-0.4, -0.2) is 48.9 Å². The van der Waals surface area contributed by atoms with E-state index in [0.29, 0.717) is 19.4 Å². The molecule has 1 atom stereocenters. The lowest BCUT2D eigenvalue weighted by atomic mass is 9.93. The average molecular weight is 331 g/mol. The summed E-state index contributed by atoms with van der Waals surface area (Å²) in [5, 5.41) is 10.6. The summed E-state index contributed by atoms with van der Waals surface area (Å²) >= 11 is 0. The Morgan fingerprint density at radius 1 is 1.42 bits per heavy atom. The molecule has 2 aromatic rings. The van der Waals surface area contributed by atoms with Gasteiger partial charge in [0.05, 0.1) is 19.1 Å². The smallest absolute Gasteiger partial charge is 0.306 e. The molecule has 1 aliphatic rings. The monoisotopic (exact) mass is 331 g/mol. The molecule has 1 aromatic heterocycles. The average Bonchev–Trinajstić information content (AvgIpc) is 2.90. The van der Waals surface area contributed by atoms with Crippen LogP contribution in [0, 0.1) is 12.8 Å². The third-order valence-corrected chi connectivity index (χ3v) is 4.79. The van der Waals surface area contributed by atoms with Crippen molar-refractivity contribution < 1.29 is 14.6 Å². The van der Waals surface area contributed by atoms with Gasteiger partial charge in [0, 0.05) is 35.4 Å². The van der Waals surface area contributed by atoms with E-state index in [9.17, 15) is 9.90 Å². The van der Waals surface area contributed by atoms with Gasteiger partial charge in [-0.15, -0.1) is 0 Å². The van der Waals surface area contributed by atoms with E-state index < -0.39 is 11.9 Å². The lowest BCUT2D eigenvalue weighted by Gasteiger charge is -2.30. The molecule has 0 radical (unpaired) electrons. The van der Waals surface area contributed by atoms with Crippen molar-refractivity contribution >= 4 is 22.6 Å². The van der Waals surface area contributed by atoms with Crippen LogP contribution in [0.1, 0.15) is 17.7 Å². The number of ether oxygens (including phenoxy) is 1. The standard InChI is InChI=1S/C18H25N3O3/c1-12-14(11-13(5-6-19)18(22)23)17-15(20-12)3-2-4-16(17)21-7-9-24-10-8-21/h2-4,13,20H,5-11,19H2,1H3,(H,22,23). The Bertz CT molecular complexity index is 720. The lowest BCUT2D eigenvalue weighted by molar-refractivity contribution is -0.141. The first-order valence-corrected chi connectivity index (χ1v) is 8.47. The molecule has 24 heavy (non-hydrogen) atoms. The van der Waals surface area contributed by atoms with Gasteiger partial charge in [-0.1, -0.05) is 6.07 Å². The number of carbonyl (C=O) groups is 1. The van der Waals surface area contributed by atoms with Crippen LogP contribution in [0.15, 0.2) is 18.2 Å². The first kappa shape index (κ1) is 16.8. The highest BCUT2D eigenvalue weighted by Gasteiger charge is 2.23. The van der Waals surface area contributed by atoms with Crippen molar-refractivity contribution in [3.05, 3.63) is 29.5 Å². The predicted octanol–water partition coefficient (Wildman–Crippen LogP) is 1.91. The van der Waals surface area contributed by atoms with Gasteiger partial charge in [0.25, 0.3) is 0 Å². The summed E-state index contributed by atoms with van der Waals surface area (Å²) in [5.41, 5.74) is 9.95. The van der Waals surface area contributed by atoms with E-state index in [4.69, 9.17) is 10.5 Å². The number of fused-ring (bicyclic) bond motifs is 1. The fourth-order valence-electron chi connectivity index (χ4n) is 3.51. The molecule has 6 nitrogen and oxygen atoms in total. The molecular weight excluding hydrogens is 306 g/mol. The number of aromatic nitrogens is 1. The van der Waals surface area contributed by atoms with Gasteiger partial charge in [-0.25, -0.2) is 0 Å². The van der Waals surface area contributed by atoms with Crippen molar-refractivity contribution in [2.75, 3.05) is 37.7 Å². The molecule has 1 unspecified atom stereocenters. The molecular formula is C18H25N3O3. The second-order valence-corrected chi connectivity index (χ2v) is 6.34. The summed E-state index contributed by atoms with van der Waals surface area (Å²) in [6, 6.07) is 6.21. The third-order valence-electron chi connectivity index (χ3n) is 4.79. The molecule has 0 spiro atoms. The summed E-state index contributed by atoms with van der Waals surface area (Å²) in [6.45, 7) is 5.55. The minimum Gasteiger partial charge on any atom is -0.481 e. The summed E-state index contributed by atoms with van der Waals surface area (Å²) in [7, 11) is 0. The molecule has 0 bridgehead atoms. The Hall–Kier alpha value is -2.05. The van der Waals surface area contributed by atoms with E-state index in [-0.39, 0.29) is 0 Å². The lowest BCUT2D eigenvalue weighted by Crippen LogP contribution is -2.36. The number of benzene rings is 1. The van der Waals surface area contributed by atoms with E-state index in [1.807, 2.05) is 13.0 Å². The van der Waals surface area contributed by atoms with Crippen molar-refractivity contribution in [2.24, 2.45) is 11.7 Å². The SMILES string of the molecule is Cc1[nH]c2cccc(N3CCOCC3)c2c1CC(CCN)C(=O)O. The van der Waals surface area contributed by atoms with E-state index in [1.54, 1.807) is 0 Å². The quantitative estimate of drug-likeness (QED) is 0.752. The number of carboxylic acids is 1. The Labute approximate surface area is 141 Å². The van der Waals surface area contributed by atoms with Gasteiger partial charge < -0.3 is 25.5 Å². The molecule has 2 heterocycles. The van der Waals surface area contributed by atoms with Crippen LogP contribution >= 0.6 is 0 Å². The topological polar surface area (TPSA) is 91.6 Å². The maximum atomic E-state index is 11.6. The van der Waals surface area contributed by atoms with Gasteiger partial charge in [-0.3, -0.25) is 4.79 Å². The van der Waals surface area contributed by atoms with E-state index in [1.165, 1.54) is 0 Å². The van der Waals surface area contributed by atoms with Crippen LogP contribution in [0.4, 0.5) is 5.69 Å². The highest BCUT2D eigenvalue weighted by molar-refractivity contribution is 5.96. The van der Waals surface area contributed by atoms with Gasteiger partial charge in [-0.2, -0.15) is 0 Å². The van der Waals surface area contributed by atoms with E-state index in [2.05, 4.69) is 22.0 Å². The van der Waals surface area contributed by atoms with Crippen molar-refractivity contribution in [1.29, 1.82) is 0 Å². The second-order valence-electron chi connectivity index (χ2n) is 6.34. The van der Waals surface area contributed by atoms with Gasteiger partial charge in [0.2, 0.25) is 0 Å². The van der Waals surface area contributed by atoms with Crippen molar-refractivity contribution in [3.8, 4) is 0 Å². The van der Waals surface area contributed by atoms with Crippen molar-refractivity contribution in [3.63, 3.8) is 0 Å². The molecule has 3 rings (SSSR count). The Balaban J connectivity index is 2.03. The summed E-state index contributed by atoms with van der Waals surface area (Å²) in [6.07, 6.45) is 0.987. The van der Waals surface area contributed by atoms with E-state index in [0.717, 1.165) is 54.2 Å². The van der Waals surface area contributed by atoms with Gasteiger partial charge in [-0.05, 0) is 44.0 Å². The number of nitrogens with zero attached hydrogens (tertiary/aromatic N) is 1. The summed E-state index contributed by atoms with van der Waals surface area (Å²) in [4.78, 5) is 17.3. The molecule has 6 heteroatoms. The summed E-state index contributed by atoms with van der Waals surface area (Å²) < 4.78 is 5.46. The predicted molar refractivity (Wildman–Crippen MR) is 94.6 cm³/mol. The first-order chi connectivity index (χ1) is 11.6. The van der Waals surface area contributed by atoms with Crippen LogP contribution in [0.5, 0.6) is 0 Å². The zero-order valence-corrected chi connectivity index (χ0v) is 14.0. The number of aliphatic carboxylic acids is 1. The minimum atomic E-state index is -0.780. The number of nitrogens with one attached hydrogen (secondary N) is 1. The number of hydrogen-bond acceptors (Lipinski definition) is 4. The second kappa shape index (κ2) is 7.23. The highest BCUT2D eigenvalue weighted by atomic mass is 16.5. The Morgan fingerprint density at radius 3 is 2.83 bits per heavy atom. The summed E-state index contributed by atoms with van der Waals surface area (Å²) in [5.74, 6) is -1.23. The van der Waals surface area contributed by atoms with Crippen LogP contribution < -0.4 is 10.6 Å². The van der Waals surface area contributed by atoms with E-state index >= 15 is 0 Å². The van der Waals surface area contributed by atoms with Gasteiger partial charge >= 0.3 is 5.97 Å². The molecule has 1 aliphatic heterocycles. The molecule has 1 fully saturated rings. The number of aryl methyl sites for hydroxylation is 1. The Morgan fingerprint density at radius 2 is 2.17 bits per heavy atom. The highest BCUT2D eigenvalue weighted by Crippen LogP contribution is 2.34. The zero-order chi connectivity index (χ0) is 17.1. The minimum absolute atomic E-state index is 0.384. The number of aromatic amines is 1. The fourth-order valence-corrected chi connectivity index (χ4v) is 3.51. The molecule has 0 aliphatic carbocycles. The number of anilines is 1. The zero-order valence-electron chi connectivity index (χ0n) is 14.0. The number of morpholine rings is 1. The molecule has 1 aromatic carbocycles. The molecule has 0 saturated carbocycles. The number of nitrogens with two attached hydrogens (primary N) is 1. The maximum absolute atomic E-state index is 11.6. The van der Waals surface area contributed by atoms with Crippen LogP contribution in [-0.2, 0) is 16.0 Å².